The molecule has 0 heterocycles. The van der Waals surface area contributed by atoms with E-state index in [1.165, 1.54) is 84.8 Å². The van der Waals surface area contributed by atoms with E-state index in [0.29, 0.717) is 22.9 Å². The quantitative estimate of drug-likeness (QED) is 0.378. The van der Waals surface area contributed by atoms with Crippen molar-refractivity contribution in [2.75, 3.05) is 24.5 Å². The van der Waals surface area contributed by atoms with Crippen LogP contribution in [0.3, 0.4) is 0 Å². The topological polar surface area (TPSA) is 96.0 Å². The summed E-state index contributed by atoms with van der Waals surface area (Å²) in [7, 11) is -2.75. The fourth-order valence-electron chi connectivity index (χ4n) is 3.70. The molecule has 8 nitrogen and oxygen atoms in total. The zero-order valence-electron chi connectivity index (χ0n) is 21.2. The van der Waals surface area contributed by atoms with Crippen LogP contribution in [-0.4, -0.2) is 51.4 Å². The molecule has 3 aromatic rings. The van der Waals surface area contributed by atoms with Gasteiger partial charge in [0.05, 0.1) is 17.7 Å². The molecule has 0 radical (unpaired) electrons. The molecule has 0 spiro atoms. The van der Waals surface area contributed by atoms with Crippen molar-refractivity contribution in [3.8, 4) is 5.75 Å². The Morgan fingerprint density at radius 2 is 1.61 bits per heavy atom. The fourth-order valence-corrected chi connectivity index (χ4v) is 5.24. The lowest BCUT2D eigenvalue weighted by molar-refractivity contribution is -0.139. The maximum Gasteiger partial charge on any atom is 0.264 e. The van der Waals surface area contributed by atoms with Gasteiger partial charge in [-0.2, -0.15) is 0 Å². The summed E-state index contributed by atoms with van der Waals surface area (Å²) >= 11 is 6.02. The van der Waals surface area contributed by atoms with E-state index in [1.807, 2.05) is 0 Å². The van der Waals surface area contributed by atoms with E-state index in [0.717, 1.165) is 4.31 Å². The molecule has 2 amide bonds. The summed E-state index contributed by atoms with van der Waals surface area (Å²) in [6, 6.07) is 16.4. The number of sulfonamides is 1. The Labute approximate surface area is 227 Å². The highest BCUT2D eigenvalue weighted by molar-refractivity contribution is 7.92. The zero-order chi connectivity index (χ0) is 27.9. The van der Waals surface area contributed by atoms with Crippen LogP contribution in [0.25, 0.3) is 0 Å². The lowest BCUT2D eigenvalue weighted by atomic mass is 10.1. The molecule has 0 aliphatic heterocycles. The predicted molar refractivity (Wildman–Crippen MR) is 144 cm³/mol. The number of anilines is 1. The van der Waals surface area contributed by atoms with E-state index in [9.17, 15) is 22.4 Å². The van der Waals surface area contributed by atoms with Gasteiger partial charge in [0.1, 0.15) is 24.2 Å². The summed E-state index contributed by atoms with van der Waals surface area (Å²) in [6.45, 7) is 3.03. The SMILES string of the molecule is CCNC(=O)[C@@H](C)N(Cc1ccc(F)cc1)C(=O)CN(c1ccc(Cl)cc1)S(=O)(=O)c1ccc(OC)cc1. The number of likely N-dealkylation sites (N-methyl/N-ethyl adjacent to an activating group) is 1. The van der Waals surface area contributed by atoms with Gasteiger partial charge in [0.2, 0.25) is 11.8 Å². The summed E-state index contributed by atoms with van der Waals surface area (Å²) in [5.41, 5.74) is 0.790. The van der Waals surface area contributed by atoms with Crippen molar-refractivity contribution in [1.82, 2.24) is 10.2 Å². The van der Waals surface area contributed by atoms with Gasteiger partial charge < -0.3 is 15.0 Å². The van der Waals surface area contributed by atoms with Crippen molar-refractivity contribution in [3.05, 3.63) is 89.2 Å². The number of hydrogen-bond acceptors (Lipinski definition) is 5. The first-order chi connectivity index (χ1) is 18.1. The van der Waals surface area contributed by atoms with E-state index >= 15 is 0 Å². The average molecular weight is 562 g/mol. The van der Waals surface area contributed by atoms with Crippen LogP contribution in [-0.2, 0) is 26.2 Å². The van der Waals surface area contributed by atoms with Crippen molar-refractivity contribution < 1.29 is 27.1 Å². The number of methoxy groups -OCH3 is 1. The molecule has 0 aromatic heterocycles. The number of amides is 2. The third-order valence-electron chi connectivity index (χ3n) is 5.83. The third kappa shape index (κ3) is 7.02. The number of hydrogen-bond donors (Lipinski definition) is 1. The Bertz CT molecular complexity index is 1350. The Hall–Kier alpha value is -3.63. The molecule has 1 atom stereocenters. The maximum absolute atomic E-state index is 13.7. The molecule has 0 bridgehead atoms. The zero-order valence-corrected chi connectivity index (χ0v) is 22.8. The number of carbonyl (C=O) groups is 2. The minimum absolute atomic E-state index is 0.0333. The Kier molecular flexibility index (Phi) is 9.71. The van der Waals surface area contributed by atoms with Crippen LogP contribution in [0.1, 0.15) is 19.4 Å². The Morgan fingerprint density at radius 1 is 1.00 bits per heavy atom. The number of nitrogens with zero attached hydrogens (tertiary/aromatic N) is 2. The maximum atomic E-state index is 13.7. The molecule has 202 valence electrons. The van der Waals surface area contributed by atoms with Crippen molar-refractivity contribution in [2.24, 2.45) is 0 Å². The minimum atomic E-state index is -4.22. The highest BCUT2D eigenvalue weighted by Crippen LogP contribution is 2.27. The van der Waals surface area contributed by atoms with Crippen LogP contribution in [0.2, 0.25) is 5.02 Å². The normalized spacial score (nSPS) is 11.9. The fraction of sp³-hybridized carbons (Fsp3) is 0.259. The monoisotopic (exact) mass is 561 g/mol. The Morgan fingerprint density at radius 3 is 2.16 bits per heavy atom. The molecule has 38 heavy (non-hydrogen) atoms. The molecule has 1 N–H and O–H groups in total. The molecule has 0 saturated carbocycles. The number of benzene rings is 3. The van der Waals surface area contributed by atoms with Crippen molar-refractivity contribution in [3.63, 3.8) is 0 Å². The van der Waals surface area contributed by atoms with Gasteiger partial charge in [0.15, 0.2) is 0 Å². The average Bonchev–Trinajstić information content (AvgIpc) is 2.91. The van der Waals surface area contributed by atoms with Gasteiger partial charge in [-0.1, -0.05) is 23.7 Å². The lowest BCUT2D eigenvalue weighted by Crippen LogP contribution is -2.51. The summed E-state index contributed by atoms with van der Waals surface area (Å²) < 4.78 is 47.0. The second-order valence-electron chi connectivity index (χ2n) is 8.38. The van der Waals surface area contributed by atoms with Gasteiger partial charge in [-0.25, -0.2) is 12.8 Å². The molecule has 0 fully saturated rings. The number of rotatable bonds is 11. The molecule has 0 unspecified atom stereocenters. The van der Waals surface area contributed by atoms with Crippen molar-refractivity contribution in [2.45, 2.75) is 31.3 Å². The summed E-state index contributed by atoms with van der Waals surface area (Å²) in [5.74, 6) is -0.999. The summed E-state index contributed by atoms with van der Waals surface area (Å²) in [5, 5.41) is 3.08. The molecule has 3 aromatic carbocycles. The number of ether oxygens (including phenoxy) is 1. The summed E-state index contributed by atoms with van der Waals surface area (Å²) in [6.07, 6.45) is 0. The lowest BCUT2D eigenvalue weighted by Gasteiger charge is -2.32. The second-order valence-corrected chi connectivity index (χ2v) is 10.7. The number of nitrogens with one attached hydrogen (secondary N) is 1. The van der Waals surface area contributed by atoms with Gasteiger partial charge in [0, 0.05) is 18.1 Å². The first kappa shape index (κ1) is 28.9. The van der Waals surface area contributed by atoms with E-state index in [1.54, 1.807) is 13.8 Å². The highest BCUT2D eigenvalue weighted by atomic mass is 35.5. The molecular weight excluding hydrogens is 533 g/mol. The molecule has 0 aliphatic rings. The van der Waals surface area contributed by atoms with Gasteiger partial charge in [-0.3, -0.25) is 13.9 Å². The van der Waals surface area contributed by atoms with Gasteiger partial charge in [0.25, 0.3) is 10.0 Å². The molecular formula is C27H29ClFN3O5S. The van der Waals surface area contributed by atoms with Crippen molar-refractivity contribution >= 4 is 39.1 Å². The van der Waals surface area contributed by atoms with Gasteiger partial charge in [-0.15, -0.1) is 0 Å². The van der Waals surface area contributed by atoms with Crippen molar-refractivity contribution in [1.29, 1.82) is 0 Å². The van der Waals surface area contributed by atoms with E-state index in [4.69, 9.17) is 16.3 Å². The largest absolute Gasteiger partial charge is 0.497 e. The van der Waals surface area contributed by atoms with Crippen LogP contribution >= 0.6 is 11.6 Å². The summed E-state index contributed by atoms with van der Waals surface area (Å²) in [4.78, 5) is 27.6. The van der Waals surface area contributed by atoms with Crippen LogP contribution in [0.15, 0.2) is 77.7 Å². The van der Waals surface area contributed by atoms with Crippen LogP contribution < -0.4 is 14.4 Å². The van der Waals surface area contributed by atoms with Gasteiger partial charge >= 0.3 is 0 Å². The number of carbonyl (C=O) groups excluding carboxylic acids is 2. The van der Waals surface area contributed by atoms with Crippen LogP contribution in [0, 0.1) is 5.82 Å². The molecule has 11 heteroatoms. The first-order valence-electron chi connectivity index (χ1n) is 11.8. The predicted octanol–water partition coefficient (Wildman–Crippen LogP) is 4.24. The molecule has 0 aliphatic carbocycles. The first-order valence-corrected chi connectivity index (χ1v) is 13.6. The number of halogens is 2. The standard InChI is InChI=1S/C27H29ClFN3O5S/c1-4-30-27(34)19(2)31(17-20-5-9-22(29)10-6-20)26(33)18-32(23-11-7-21(28)8-12-23)38(35,36)25-15-13-24(37-3)14-16-25/h5-16,19H,4,17-18H2,1-3H3,(H,30,34)/t19-/m1/s1. The third-order valence-corrected chi connectivity index (χ3v) is 7.87. The Balaban J connectivity index is 2.01. The van der Waals surface area contributed by atoms with Gasteiger partial charge in [-0.05, 0) is 80.1 Å². The molecule has 3 rings (SSSR count). The highest BCUT2D eigenvalue weighted by Gasteiger charge is 2.32. The van der Waals surface area contributed by atoms with E-state index in [2.05, 4.69) is 5.32 Å². The van der Waals surface area contributed by atoms with Crippen LogP contribution in [0.5, 0.6) is 5.75 Å². The van der Waals surface area contributed by atoms with Crippen LogP contribution in [0.4, 0.5) is 10.1 Å². The smallest absolute Gasteiger partial charge is 0.264 e. The van der Waals surface area contributed by atoms with E-state index < -0.39 is 40.2 Å². The van der Waals surface area contributed by atoms with E-state index in [-0.39, 0.29) is 17.1 Å². The minimum Gasteiger partial charge on any atom is -0.497 e. The second kappa shape index (κ2) is 12.7. The molecule has 0 saturated heterocycles.